The summed E-state index contributed by atoms with van der Waals surface area (Å²) in [5.74, 6) is -0.323. The summed E-state index contributed by atoms with van der Waals surface area (Å²) in [6.07, 6.45) is 6.12. The second-order valence-electron chi connectivity index (χ2n) is 5.12. The third kappa shape index (κ3) is 1.86. The summed E-state index contributed by atoms with van der Waals surface area (Å²) in [5, 5.41) is 8.79. The van der Waals surface area contributed by atoms with Crippen molar-refractivity contribution in [2.75, 3.05) is 18.0 Å². The quantitative estimate of drug-likeness (QED) is 0.745. The van der Waals surface area contributed by atoms with Gasteiger partial charge in [0, 0.05) is 19.2 Å². The zero-order chi connectivity index (χ0) is 11.9. The van der Waals surface area contributed by atoms with E-state index in [0.717, 1.165) is 32.1 Å². The van der Waals surface area contributed by atoms with Crippen LogP contribution in [0.4, 0.5) is 10.1 Å². The standard InChI is InChI=1S/C13H14FN3/c14-11-9-16-10(8-15)7-12(11)17-5-3-13(1-2-13)4-6-17/h7,9H,1-6H2. The lowest BCUT2D eigenvalue weighted by Crippen LogP contribution is -2.35. The molecule has 1 aromatic rings. The molecule has 1 saturated heterocycles. The van der Waals surface area contributed by atoms with E-state index < -0.39 is 0 Å². The zero-order valence-corrected chi connectivity index (χ0v) is 9.62. The number of halogens is 1. The van der Waals surface area contributed by atoms with Crippen LogP contribution in [-0.2, 0) is 0 Å². The number of hydrogen-bond donors (Lipinski definition) is 0. The molecule has 1 aliphatic heterocycles. The van der Waals surface area contributed by atoms with Crippen LogP contribution in [-0.4, -0.2) is 18.1 Å². The molecule has 0 N–H and O–H groups in total. The van der Waals surface area contributed by atoms with Crippen molar-refractivity contribution in [3.05, 3.63) is 23.8 Å². The molecular weight excluding hydrogens is 217 g/mol. The topological polar surface area (TPSA) is 39.9 Å². The van der Waals surface area contributed by atoms with Gasteiger partial charge in [-0.3, -0.25) is 0 Å². The monoisotopic (exact) mass is 231 g/mol. The average Bonchev–Trinajstić information content (AvgIpc) is 3.11. The van der Waals surface area contributed by atoms with Gasteiger partial charge in [-0.1, -0.05) is 0 Å². The minimum absolute atomic E-state index is 0.285. The van der Waals surface area contributed by atoms with Crippen molar-refractivity contribution in [1.29, 1.82) is 5.26 Å². The summed E-state index contributed by atoms with van der Waals surface area (Å²) in [6.45, 7) is 1.79. The zero-order valence-electron chi connectivity index (χ0n) is 9.62. The molecule has 0 atom stereocenters. The summed E-state index contributed by atoms with van der Waals surface area (Å²) >= 11 is 0. The highest BCUT2D eigenvalue weighted by Crippen LogP contribution is 2.53. The Bertz CT molecular complexity index is 478. The molecule has 1 aliphatic carbocycles. The molecule has 2 heterocycles. The van der Waals surface area contributed by atoms with Crippen LogP contribution in [0, 0.1) is 22.6 Å². The molecule has 0 aromatic carbocycles. The third-order valence-corrected chi connectivity index (χ3v) is 4.07. The second kappa shape index (κ2) is 3.69. The van der Waals surface area contributed by atoms with Gasteiger partial charge in [-0.25, -0.2) is 9.37 Å². The van der Waals surface area contributed by atoms with Crippen LogP contribution in [0.3, 0.4) is 0 Å². The predicted octanol–water partition coefficient (Wildman–Crippen LogP) is 2.47. The first-order valence-corrected chi connectivity index (χ1v) is 6.03. The third-order valence-electron chi connectivity index (χ3n) is 4.07. The van der Waals surface area contributed by atoms with Gasteiger partial charge in [-0.2, -0.15) is 5.26 Å². The molecule has 4 heteroatoms. The minimum atomic E-state index is -0.323. The van der Waals surface area contributed by atoms with Gasteiger partial charge in [0.2, 0.25) is 0 Å². The molecule has 1 spiro atoms. The highest BCUT2D eigenvalue weighted by molar-refractivity contribution is 5.50. The Labute approximate surface area is 99.9 Å². The maximum Gasteiger partial charge on any atom is 0.164 e. The summed E-state index contributed by atoms with van der Waals surface area (Å²) in [4.78, 5) is 5.77. The van der Waals surface area contributed by atoms with E-state index in [2.05, 4.69) is 4.98 Å². The molecule has 1 saturated carbocycles. The van der Waals surface area contributed by atoms with Gasteiger partial charge >= 0.3 is 0 Å². The largest absolute Gasteiger partial charge is 0.369 e. The molecular formula is C13H14FN3. The normalized spacial score (nSPS) is 21.3. The average molecular weight is 231 g/mol. The number of piperidine rings is 1. The number of nitrogens with zero attached hydrogens (tertiary/aromatic N) is 3. The fraction of sp³-hybridized carbons (Fsp3) is 0.538. The molecule has 3 nitrogen and oxygen atoms in total. The van der Waals surface area contributed by atoms with E-state index in [0.29, 0.717) is 11.1 Å². The van der Waals surface area contributed by atoms with Gasteiger partial charge in [-0.15, -0.1) is 0 Å². The smallest absolute Gasteiger partial charge is 0.164 e. The van der Waals surface area contributed by atoms with E-state index in [1.807, 2.05) is 11.0 Å². The van der Waals surface area contributed by atoms with Crippen molar-refractivity contribution < 1.29 is 4.39 Å². The van der Waals surface area contributed by atoms with E-state index in [9.17, 15) is 4.39 Å². The van der Waals surface area contributed by atoms with Gasteiger partial charge in [0.15, 0.2) is 5.82 Å². The fourth-order valence-electron chi connectivity index (χ4n) is 2.63. The predicted molar refractivity (Wildman–Crippen MR) is 62.0 cm³/mol. The van der Waals surface area contributed by atoms with Gasteiger partial charge in [0.05, 0.1) is 11.9 Å². The first kappa shape index (κ1) is 10.5. The van der Waals surface area contributed by atoms with Crippen LogP contribution in [0.2, 0.25) is 0 Å². The Hall–Kier alpha value is -1.63. The molecule has 1 aromatic heterocycles. The van der Waals surface area contributed by atoms with Gasteiger partial charge in [0.25, 0.3) is 0 Å². The summed E-state index contributed by atoms with van der Waals surface area (Å²) in [5.41, 5.74) is 1.40. The molecule has 88 valence electrons. The van der Waals surface area contributed by atoms with Crippen LogP contribution in [0.25, 0.3) is 0 Å². The van der Waals surface area contributed by atoms with Gasteiger partial charge in [-0.05, 0) is 31.1 Å². The molecule has 0 amide bonds. The molecule has 2 aliphatic rings. The van der Waals surface area contributed by atoms with Crippen LogP contribution in [0.5, 0.6) is 0 Å². The number of nitriles is 1. The summed E-state index contributed by atoms with van der Waals surface area (Å²) in [6, 6.07) is 3.51. The lowest BCUT2D eigenvalue weighted by atomic mass is 9.93. The maximum atomic E-state index is 13.7. The number of anilines is 1. The Morgan fingerprint density at radius 3 is 2.59 bits per heavy atom. The fourth-order valence-corrected chi connectivity index (χ4v) is 2.63. The molecule has 0 bridgehead atoms. The molecule has 2 fully saturated rings. The van der Waals surface area contributed by atoms with Crippen molar-refractivity contribution in [3.63, 3.8) is 0 Å². The lowest BCUT2D eigenvalue weighted by molar-refractivity contribution is 0.382. The Kier molecular flexibility index (Phi) is 2.29. The summed E-state index contributed by atoms with van der Waals surface area (Å²) in [7, 11) is 0. The number of hydrogen-bond acceptors (Lipinski definition) is 3. The van der Waals surface area contributed by atoms with Crippen LogP contribution in [0.15, 0.2) is 12.3 Å². The van der Waals surface area contributed by atoms with Crippen LogP contribution in [0.1, 0.15) is 31.4 Å². The summed E-state index contributed by atoms with van der Waals surface area (Å²) < 4.78 is 13.7. The Morgan fingerprint density at radius 2 is 2.00 bits per heavy atom. The van der Waals surface area contributed by atoms with Crippen molar-refractivity contribution in [3.8, 4) is 6.07 Å². The minimum Gasteiger partial charge on any atom is -0.369 e. The van der Waals surface area contributed by atoms with Crippen LogP contribution < -0.4 is 4.90 Å². The van der Waals surface area contributed by atoms with E-state index >= 15 is 0 Å². The molecule has 17 heavy (non-hydrogen) atoms. The van der Waals surface area contributed by atoms with E-state index in [-0.39, 0.29) is 11.5 Å². The SMILES string of the molecule is N#Cc1cc(N2CCC3(CC2)CC3)c(F)cn1. The number of pyridine rings is 1. The Morgan fingerprint density at radius 1 is 1.29 bits per heavy atom. The van der Waals surface area contributed by atoms with E-state index in [4.69, 9.17) is 5.26 Å². The van der Waals surface area contributed by atoms with Crippen LogP contribution >= 0.6 is 0 Å². The van der Waals surface area contributed by atoms with Gasteiger partial charge in [0.1, 0.15) is 11.8 Å². The molecule has 0 radical (unpaired) electrons. The first-order chi connectivity index (χ1) is 8.22. The number of rotatable bonds is 1. The van der Waals surface area contributed by atoms with E-state index in [1.54, 1.807) is 6.07 Å². The van der Waals surface area contributed by atoms with Crippen molar-refractivity contribution in [1.82, 2.24) is 4.98 Å². The second-order valence-corrected chi connectivity index (χ2v) is 5.12. The van der Waals surface area contributed by atoms with Crippen molar-refractivity contribution >= 4 is 5.69 Å². The highest BCUT2D eigenvalue weighted by Gasteiger charge is 2.44. The number of aromatic nitrogens is 1. The van der Waals surface area contributed by atoms with Crippen molar-refractivity contribution in [2.45, 2.75) is 25.7 Å². The molecule has 0 unspecified atom stereocenters. The maximum absolute atomic E-state index is 13.7. The van der Waals surface area contributed by atoms with E-state index in [1.165, 1.54) is 12.8 Å². The molecule has 3 rings (SSSR count). The first-order valence-electron chi connectivity index (χ1n) is 6.03. The van der Waals surface area contributed by atoms with Crippen molar-refractivity contribution in [2.24, 2.45) is 5.41 Å². The lowest BCUT2D eigenvalue weighted by Gasteiger charge is -2.33. The Balaban J connectivity index is 1.82. The highest BCUT2D eigenvalue weighted by atomic mass is 19.1. The van der Waals surface area contributed by atoms with Gasteiger partial charge < -0.3 is 4.90 Å².